The van der Waals surface area contributed by atoms with E-state index in [1.54, 1.807) is 14.2 Å². The van der Waals surface area contributed by atoms with Crippen LogP contribution in [0.3, 0.4) is 0 Å². The summed E-state index contributed by atoms with van der Waals surface area (Å²) in [5.41, 5.74) is 0. The van der Waals surface area contributed by atoms with E-state index in [0.717, 1.165) is 18.9 Å². The van der Waals surface area contributed by atoms with Gasteiger partial charge in [-0.2, -0.15) is 5.26 Å². The van der Waals surface area contributed by atoms with Crippen molar-refractivity contribution in [1.82, 2.24) is 0 Å². The molecule has 0 heterocycles. The van der Waals surface area contributed by atoms with E-state index in [-0.39, 0.29) is 5.91 Å². The summed E-state index contributed by atoms with van der Waals surface area (Å²) < 4.78 is 10.1. The zero-order chi connectivity index (χ0) is 9.23. The summed E-state index contributed by atoms with van der Waals surface area (Å²) in [6.45, 7) is 0. The Morgan fingerprint density at radius 1 is 1.33 bits per heavy atom. The molecule has 68 valence electrons. The first-order valence-electron chi connectivity index (χ1n) is 4.01. The van der Waals surface area contributed by atoms with Gasteiger partial charge in [-0.25, -0.2) is 0 Å². The third-order valence-electron chi connectivity index (χ3n) is 1.45. The number of unbranched alkanes of at least 4 members (excludes halogenated alkanes) is 2. The van der Waals surface area contributed by atoms with E-state index >= 15 is 0 Å². The van der Waals surface area contributed by atoms with E-state index in [4.69, 9.17) is 14.7 Å². The Hall–Kier alpha value is -0.373. The van der Waals surface area contributed by atoms with Gasteiger partial charge in [0.1, 0.15) is 15.4 Å². The Morgan fingerprint density at radius 3 is 2.50 bits per heavy atom. The Bertz CT molecular complexity index is 132. The first-order valence-corrected chi connectivity index (χ1v) is 5.29. The predicted molar refractivity (Wildman–Crippen MR) is 47.8 cm³/mol. The van der Waals surface area contributed by atoms with Gasteiger partial charge in [-0.1, -0.05) is 12.5 Å². The molecule has 12 heavy (non-hydrogen) atoms. The van der Waals surface area contributed by atoms with E-state index in [2.05, 4.69) is 6.07 Å². The molecule has 4 heteroatoms. The molecular formula is C8H15NO2Si. The average Bonchev–Trinajstić information content (AvgIpc) is 2.11. The van der Waals surface area contributed by atoms with Crippen LogP contribution in [0.15, 0.2) is 0 Å². The maximum Gasteiger partial charge on any atom is 0.136 e. The van der Waals surface area contributed by atoms with Crippen molar-refractivity contribution < 1.29 is 9.47 Å². The van der Waals surface area contributed by atoms with E-state index in [9.17, 15) is 0 Å². The van der Waals surface area contributed by atoms with Crippen molar-refractivity contribution >= 4 is 9.52 Å². The number of nitrogens with zero attached hydrogens (tertiary/aromatic N) is 1. The second kappa shape index (κ2) is 8.72. The van der Waals surface area contributed by atoms with Gasteiger partial charge in [0.05, 0.1) is 6.07 Å². The molecule has 0 aromatic heterocycles. The van der Waals surface area contributed by atoms with Gasteiger partial charge in [0.15, 0.2) is 0 Å². The fourth-order valence-corrected chi connectivity index (χ4v) is 1.84. The smallest absolute Gasteiger partial charge is 0.136 e. The molecule has 0 unspecified atom stereocenters. The number of nitriles is 1. The highest BCUT2D eigenvalue weighted by Crippen LogP contribution is 2.01. The molecule has 0 saturated heterocycles. The third kappa shape index (κ3) is 6.34. The van der Waals surface area contributed by atoms with Crippen LogP contribution in [0.5, 0.6) is 0 Å². The summed E-state index contributed by atoms with van der Waals surface area (Å²) in [6, 6.07) is 3.22. The summed E-state index contributed by atoms with van der Waals surface area (Å²) in [4.78, 5) is 0. The molecule has 0 saturated carbocycles. The summed E-state index contributed by atoms with van der Waals surface area (Å²) in [6.07, 6.45) is 2.74. The van der Waals surface area contributed by atoms with E-state index < -0.39 is 0 Å². The normalized spacial score (nSPS) is 10.2. The Balaban J connectivity index is 3.13. The molecule has 3 nitrogen and oxygen atoms in total. The van der Waals surface area contributed by atoms with Gasteiger partial charge in [-0.3, -0.25) is 0 Å². The molecule has 0 aliphatic carbocycles. The first kappa shape index (κ1) is 11.6. The van der Waals surface area contributed by atoms with Crippen molar-refractivity contribution in [3.05, 3.63) is 0 Å². The molecule has 2 radical (unpaired) electrons. The third-order valence-corrected chi connectivity index (χ3v) is 2.90. The lowest BCUT2D eigenvalue weighted by atomic mass is 10.3. The fourth-order valence-electron chi connectivity index (χ4n) is 0.812. The van der Waals surface area contributed by atoms with Crippen LogP contribution in [0.25, 0.3) is 0 Å². The van der Waals surface area contributed by atoms with Gasteiger partial charge in [-0.05, 0) is 6.42 Å². The van der Waals surface area contributed by atoms with Crippen molar-refractivity contribution in [3.8, 4) is 6.07 Å². The molecule has 0 aromatic carbocycles. The molecule has 0 spiro atoms. The van der Waals surface area contributed by atoms with Crippen LogP contribution in [0.4, 0.5) is 0 Å². The largest absolute Gasteiger partial charge is 0.360 e. The standard InChI is InChI=1S/C8H15NO2Si/c1-10-8(11-2)12-7-5-3-4-6-9/h8H,3-5,7H2,1-2H3. The molecular weight excluding hydrogens is 170 g/mol. The minimum Gasteiger partial charge on any atom is -0.360 e. The first-order chi connectivity index (χ1) is 5.85. The van der Waals surface area contributed by atoms with Gasteiger partial charge in [0, 0.05) is 20.6 Å². The highest BCUT2D eigenvalue weighted by atomic mass is 28.2. The Morgan fingerprint density at radius 2 is 2.00 bits per heavy atom. The molecule has 0 aromatic rings. The molecule has 0 aliphatic rings. The van der Waals surface area contributed by atoms with Crippen LogP contribution in [-0.2, 0) is 9.47 Å². The lowest BCUT2D eigenvalue weighted by Crippen LogP contribution is -2.20. The van der Waals surface area contributed by atoms with Crippen molar-refractivity contribution in [1.29, 1.82) is 5.26 Å². The highest BCUT2D eigenvalue weighted by Gasteiger charge is 2.04. The second-order valence-corrected chi connectivity index (χ2v) is 3.75. The zero-order valence-electron chi connectivity index (χ0n) is 7.67. The topological polar surface area (TPSA) is 42.2 Å². The SMILES string of the molecule is COC(OC)[Si]CCCCC#N. The summed E-state index contributed by atoms with van der Waals surface area (Å²) in [5.74, 6) is -0.0490. The van der Waals surface area contributed by atoms with Crippen LogP contribution >= 0.6 is 0 Å². The van der Waals surface area contributed by atoms with Crippen molar-refractivity contribution in [3.63, 3.8) is 0 Å². The van der Waals surface area contributed by atoms with Crippen molar-refractivity contribution in [2.24, 2.45) is 0 Å². The molecule has 0 aliphatic heterocycles. The monoisotopic (exact) mass is 185 g/mol. The molecule has 0 N–H and O–H groups in total. The lowest BCUT2D eigenvalue weighted by molar-refractivity contribution is -0.0441. The molecule has 0 amide bonds. The molecule has 0 rings (SSSR count). The summed E-state index contributed by atoms with van der Waals surface area (Å²) in [5, 5.41) is 8.27. The maximum atomic E-state index is 8.27. The molecule has 0 atom stereocenters. The van der Waals surface area contributed by atoms with Gasteiger partial charge >= 0.3 is 0 Å². The summed E-state index contributed by atoms with van der Waals surface area (Å²) in [7, 11) is 3.98. The van der Waals surface area contributed by atoms with E-state index in [1.807, 2.05) is 0 Å². The zero-order valence-corrected chi connectivity index (χ0v) is 8.67. The van der Waals surface area contributed by atoms with Crippen LogP contribution in [-0.4, -0.2) is 29.7 Å². The number of hydrogen-bond acceptors (Lipinski definition) is 3. The van der Waals surface area contributed by atoms with Crippen molar-refractivity contribution in [2.45, 2.75) is 31.2 Å². The van der Waals surface area contributed by atoms with Crippen LogP contribution in [0, 0.1) is 11.3 Å². The Kier molecular flexibility index (Phi) is 8.45. The minimum absolute atomic E-state index is 0.0490. The van der Waals surface area contributed by atoms with Crippen LogP contribution in [0.1, 0.15) is 19.3 Å². The predicted octanol–water partition coefficient (Wildman–Crippen LogP) is 1.38. The van der Waals surface area contributed by atoms with E-state index in [0.29, 0.717) is 15.9 Å². The number of ether oxygens (including phenoxy) is 2. The van der Waals surface area contributed by atoms with Gasteiger partial charge < -0.3 is 9.47 Å². The number of rotatable bonds is 7. The minimum atomic E-state index is -0.0490. The van der Waals surface area contributed by atoms with Crippen LogP contribution in [0.2, 0.25) is 6.04 Å². The number of methoxy groups -OCH3 is 2. The molecule has 0 fully saturated rings. The maximum absolute atomic E-state index is 8.27. The second-order valence-electron chi connectivity index (χ2n) is 2.37. The van der Waals surface area contributed by atoms with Crippen LogP contribution < -0.4 is 0 Å². The quantitative estimate of drug-likeness (QED) is 0.342. The summed E-state index contributed by atoms with van der Waals surface area (Å²) >= 11 is 0. The van der Waals surface area contributed by atoms with E-state index in [1.165, 1.54) is 0 Å². The average molecular weight is 185 g/mol. The van der Waals surface area contributed by atoms with Gasteiger partial charge in [0.2, 0.25) is 0 Å². The Labute approximate surface area is 76.5 Å². The lowest BCUT2D eigenvalue weighted by Gasteiger charge is -2.11. The number of hydrogen-bond donors (Lipinski definition) is 0. The fraction of sp³-hybridized carbons (Fsp3) is 0.875. The van der Waals surface area contributed by atoms with Gasteiger partial charge in [0.25, 0.3) is 0 Å². The highest BCUT2D eigenvalue weighted by molar-refractivity contribution is 6.36. The molecule has 0 bridgehead atoms. The van der Waals surface area contributed by atoms with Gasteiger partial charge in [-0.15, -0.1) is 0 Å². The van der Waals surface area contributed by atoms with Crippen molar-refractivity contribution in [2.75, 3.05) is 14.2 Å².